The van der Waals surface area contributed by atoms with Crippen molar-refractivity contribution in [3.63, 3.8) is 0 Å². The maximum atomic E-state index is 14.5. The van der Waals surface area contributed by atoms with Crippen LogP contribution in [0.5, 0.6) is 0 Å². The Balaban J connectivity index is 1.69. The first-order valence-corrected chi connectivity index (χ1v) is 10.8. The third-order valence-electron chi connectivity index (χ3n) is 5.14. The second kappa shape index (κ2) is 10.2. The van der Waals surface area contributed by atoms with E-state index in [1.807, 2.05) is 24.3 Å². The zero-order chi connectivity index (χ0) is 24.1. The van der Waals surface area contributed by atoms with Gasteiger partial charge in [0.1, 0.15) is 11.5 Å². The number of hydrogen-bond acceptors (Lipinski definition) is 8. The number of rotatable bonds is 8. The summed E-state index contributed by atoms with van der Waals surface area (Å²) in [5.74, 6) is 6.28. The summed E-state index contributed by atoms with van der Waals surface area (Å²) in [7, 11) is 0. The van der Waals surface area contributed by atoms with E-state index < -0.39 is 5.82 Å². The lowest BCUT2D eigenvalue weighted by Gasteiger charge is -2.23. The first-order valence-electron chi connectivity index (χ1n) is 10.8. The Labute approximate surface area is 197 Å². The molecule has 5 N–H and O–H groups in total. The highest BCUT2D eigenvalue weighted by molar-refractivity contribution is 5.93. The van der Waals surface area contributed by atoms with Gasteiger partial charge in [-0.2, -0.15) is 4.98 Å². The Morgan fingerprint density at radius 2 is 1.76 bits per heavy atom. The van der Waals surface area contributed by atoms with Crippen LogP contribution in [0.1, 0.15) is 30.9 Å². The van der Waals surface area contributed by atoms with Crippen LogP contribution in [0.4, 0.5) is 10.1 Å². The van der Waals surface area contributed by atoms with E-state index in [1.165, 1.54) is 11.1 Å². The Bertz CT molecular complexity index is 1270. The summed E-state index contributed by atoms with van der Waals surface area (Å²) in [6.07, 6.45) is 3.18. The molecule has 2 aromatic heterocycles. The molecule has 0 aliphatic carbocycles. The van der Waals surface area contributed by atoms with Gasteiger partial charge in [0.15, 0.2) is 0 Å². The number of anilines is 1. The predicted octanol–water partition coefficient (Wildman–Crippen LogP) is 3.93. The lowest BCUT2D eigenvalue weighted by atomic mass is 10.1. The maximum Gasteiger partial charge on any atom is 0.276 e. The number of pyridine rings is 1. The van der Waals surface area contributed by atoms with Gasteiger partial charge in [0.25, 0.3) is 5.89 Å². The van der Waals surface area contributed by atoms with Crippen LogP contribution in [0, 0.1) is 5.82 Å². The quantitative estimate of drug-likeness (QED) is 0.268. The van der Waals surface area contributed by atoms with E-state index in [9.17, 15) is 4.39 Å². The van der Waals surface area contributed by atoms with Crippen LogP contribution in [0.15, 0.2) is 77.6 Å². The number of para-hydroxylation sites is 1. The normalized spacial score (nSPS) is 12.0. The number of hydrogen-bond donors (Lipinski definition) is 3. The van der Waals surface area contributed by atoms with Gasteiger partial charge in [0.05, 0.1) is 11.4 Å². The van der Waals surface area contributed by atoms with Crippen molar-refractivity contribution in [3.05, 3.63) is 95.9 Å². The Morgan fingerprint density at radius 1 is 1.06 bits per heavy atom. The number of nitrogens with two attached hydrogens (primary N) is 2. The fourth-order valence-electron chi connectivity index (χ4n) is 3.35. The van der Waals surface area contributed by atoms with E-state index in [0.717, 1.165) is 17.7 Å². The summed E-state index contributed by atoms with van der Waals surface area (Å²) in [5.41, 5.74) is 9.54. The predicted molar refractivity (Wildman–Crippen MR) is 130 cm³/mol. The van der Waals surface area contributed by atoms with E-state index >= 15 is 0 Å². The first-order chi connectivity index (χ1) is 16.4. The van der Waals surface area contributed by atoms with Gasteiger partial charge in [0.2, 0.25) is 5.82 Å². The van der Waals surface area contributed by atoms with Crippen molar-refractivity contribution in [2.75, 3.05) is 5.01 Å². The summed E-state index contributed by atoms with van der Waals surface area (Å²) >= 11 is 0. The molecule has 0 saturated carbocycles. The molecule has 0 aliphatic heterocycles. The highest BCUT2D eigenvalue weighted by atomic mass is 19.1. The van der Waals surface area contributed by atoms with Crippen LogP contribution in [-0.2, 0) is 6.54 Å². The van der Waals surface area contributed by atoms with Gasteiger partial charge >= 0.3 is 0 Å². The van der Waals surface area contributed by atoms with Crippen LogP contribution in [0.2, 0.25) is 0 Å². The molecule has 0 radical (unpaired) electrons. The SMILES string of the molecule is CC(C)NCc1ccc(-c2noc(/C(N)=C(\c3ccncc3)N(N)c3ccccc3F)n2)cc1. The Kier molecular flexibility index (Phi) is 6.95. The van der Waals surface area contributed by atoms with Crippen molar-refractivity contribution in [2.24, 2.45) is 11.6 Å². The second-order valence-electron chi connectivity index (χ2n) is 7.98. The molecule has 0 spiro atoms. The first kappa shape index (κ1) is 23.1. The summed E-state index contributed by atoms with van der Waals surface area (Å²) in [4.78, 5) is 8.49. The highest BCUT2D eigenvalue weighted by Crippen LogP contribution is 2.30. The molecule has 0 fully saturated rings. The number of benzene rings is 2. The molecular formula is C25H26FN7O. The smallest absolute Gasteiger partial charge is 0.276 e. The average Bonchev–Trinajstić information content (AvgIpc) is 3.34. The third-order valence-corrected chi connectivity index (χ3v) is 5.14. The van der Waals surface area contributed by atoms with Gasteiger partial charge in [-0.3, -0.25) is 9.99 Å². The number of nitrogens with one attached hydrogen (secondary N) is 1. The summed E-state index contributed by atoms with van der Waals surface area (Å²) < 4.78 is 19.9. The van der Waals surface area contributed by atoms with Gasteiger partial charge in [-0.25, -0.2) is 10.2 Å². The van der Waals surface area contributed by atoms with Gasteiger partial charge in [-0.05, 0) is 29.8 Å². The molecular weight excluding hydrogens is 433 g/mol. The van der Waals surface area contributed by atoms with Crippen molar-refractivity contribution in [3.8, 4) is 11.4 Å². The van der Waals surface area contributed by atoms with Gasteiger partial charge in [-0.1, -0.05) is 55.4 Å². The maximum absolute atomic E-state index is 14.5. The lowest BCUT2D eigenvalue weighted by Crippen LogP contribution is -2.32. The van der Waals surface area contributed by atoms with Crippen LogP contribution >= 0.6 is 0 Å². The average molecular weight is 460 g/mol. The molecule has 9 heteroatoms. The third kappa shape index (κ3) is 5.11. The fourth-order valence-corrected chi connectivity index (χ4v) is 3.35. The second-order valence-corrected chi connectivity index (χ2v) is 7.98. The minimum Gasteiger partial charge on any atom is -0.392 e. The molecule has 0 bridgehead atoms. The number of halogens is 1. The summed E-state index contributed by atoms with van der Waals surface area (Å²) in [6, 6.07) is 17.8. The Hall–Kier alpha value is -4.08. The minimum absolute atomic E-state index is 0.0687. The van der Waals surface area contributed by atoms with Crippen LogP contribution < -0.4 is 21.9 Å². The molecule has 4 rings (SSSR count). The molecule has 2 heterocycles. The summed E-state index contributed by atoms with van der Waals surface area (Å²) in [6.45, 7) is 4.97. The number of aromatic nitrogens is 3. The van der Waals surface area contributed by atoms with E-state index in [-0.39, 0.29) is 17.3 Å². The fraction of sp³-hybridized carbons (Fsp3) is 0.160. The molecule has 0 unspecified atom stereocenters. The monoisotopic (exact) mass is 459 g/mol. The van der Waals surface area contributed by atoms with E-state index in [0.29, 0.717) is 23.1 Å². The standard InChI is InChI=1S/C25H26FN7O/c1-16(2)30-15-17-7-9-19(10-8-17)24-31-25(34-32-24)22(27)23(18-11-13-29-14-12-18)33(28)21-6-4-3-5-20(21)26/h3-14,16,30H,15,27-28H2,1-2H3/b23-22-. The van der Waals surface area contributed by atoms with Crippen molar-refractivity contribution >= 4 is 17.1 Å². The molecule has 8 nitrogen and oxygen atoms in total. The molecule has 0 aliphatic rings. The Morgan fingerprint density at radius 3 is 2.44 bits per heavy atom. The van der Waals surface area contributed by atoms with Crippen LogP contribution in [0.3, 0.4) is 0 Å². The van der Waals surface area contributed by atoms with E-state index in [4.69, 9.17) is 16.1 Å². The van der Waals surface area contributed by atoms with E-state index in [1.54, 1.807) is 42.7 Å². The van der Waals surface area contributed by atoms with Crippen molar-refractivity contribution in [1.29, 1.82) is 0 Å². The van der Waals surface area contributed by atoms with Crippen molar-refractivity contribution < 1.29 is 8.91 Å². The highest BCUT2D eigenvalue weighted by Gasteiger charge is 2.22. The molecule has 4 aromatic rings. The van der Waals surface area contributed by atoms with Crippen molar-refractivity contribution in [2.45, 2.75) is 26.4 Å². The summed E-state index contributed by atoms with van der Waals surface area (Å²) in [5, 5.41) is 8.62. The molecule has 0 atom stereocenters. The lowest BCUT2D eigenvalue weighted by molar-refractivity contribution is 0.408. The van der Waals surface area contributed by atoms with Crippen LogP contribution in [-0.4, -0.2) is 21.2 Å². The molecule has 0 saturated heterocycles. The largest absolute Gasteiger partial charge is 0.392 e. The van der Waals surface area contributed by atoms with Gasteiger partial charge < -0.3 is 15.6 Å². The molecule has 174 valence electrons. The molecule has 2 aromatic carbocycles. The zero-order valence-corrected chi connectivity index (χ0v) is 18.9. The number of hydrazine groups is 1. The minimum atomic E-state index is -0.498. The van der Waals surface area contributed by atoms with E-state index in [2.05, 4.69) is 34.3 Å². The zero-order valence-electron chi connectivity index (χ0n) is 18.9. The van der Waals surface area contributed by atoms with Gasteiger partial charge in [0, 0.05) is 36.1 Å². The molecule has 34 heavy (non-hydrogen) atoms. The van der Waals surface area contributed by atoms with Crippen LogP contribution in [0.25, 0.3) is 22.8 Å². The number of nitrogens with zero attached hydrogens (tertiary/aromatic N) is 4. The topological polar surface area (TPSA) is 119 Å². The van der Waals surface area contributed by atoms with Gasteiger partial charge in [-0.15, -0.1) is 0 Å². The van der Waals surface area contributed by atoms with Crippen molar-refractivity contribution in [1.82, 2.24) is 20.4 Å². The molecule has 0 amide bonds.